The third-order valence-corrected chi connectivity index (χ3v) is 5.22. The number of esters is 1. The van der Waals surface area contributed by atoms with E-state index in [0.29, 0.717) is 10.6 Å². The summed E-state index contributed by atoms with van der Waals surface area (Å²) in [6, 6.07) is 13.6. The van der Waals surface area contributed by atoms with Crippen LogP contribution in [0.25, 0.3) is 17.2 Å². The highest BCUT2D eigenvalue weighted by Crippen LogP contribution is 2.36. The Balaban J connectivity index is 1.88. The van der Waals surface area contributed by atoms with E-state index in [-0.39, 0.29) is 22.8 Å². The maximum Gasteiger partial charge on any atom is 0.341 e. The molecule has 0 saturated carbocycles. The van der Waals surface area contributed by atoms with Crippen LogP contribution in [0.5, 0.6) is 0 Å². The molecule has 3 aromatic rings. The number of anilines is 1. The van der Waals surface area contributed by atoms with Crippen molar-refractivity contribution in [3.8, 4) is 11.1 Å². The number of thiophene rings is 1. The third-order valence-electron chi connectivity index (χ3n) is 3.99. The lowest BCUT2D eigenvalue weighted by Gasteiger charge is -2.08. The van der Waals surface area contributed by atoms with Gasteiger partial charge in [-0.2, -0.15) is 0 Å². The summed E-state index contributed by atoms with van der Waals surface area (Å²) in [6.07, 6.45) is 2.46. The largest absolute Gasteiger partial charge is 0.462 e. The van der Waals surface area contributed by atoms with Gasteiger partial charge in [-0.25, -0.2) is 9.18 Å². The van der Waals surface area contributed by atoms with Gasteiger partial charge in [-0.05, 0) is 30.7 Å². The molecule has 7 heteroatoms. The molecule has 0 fully saturated rings. The van der Waals surface area contributed by atoms with Crippen molar-refractivity contribution in [3.63, 3.8) is 0 Å². The Morgan fingerprint density at radius 1 is 1.17 bits per heavy atom. The van der Waals surface area contributed by atoms with Crippen molar-refractivity contribution in [1.29, 1.82) is 0 Å². The monoisotopic (exact) mass is 429 g/mol. The topological polar surface area (TPSA) is 55.4 Å². The first-order valence-corrected chi connectivity index (χ1v) is 10.0. The first-order chi connectivity index (χ1) is 14.0. The SMILES string of the molecule is CCOC(=O)c1c(-c2ccccc2)csc1NC(=O)/C=C/c1c(F)cccc1Cl. The van der Waals surface area contributed by atoms with Crippen molar-refractivity contribution < 1.29 is 18.7 Å². The normalized spacial score (nSPS) is 10.9. The molecule has 29 heavy (non-hydrogen) atoms. The van der Waals surface area contributed by atoms with Crippen LogP contribution >= 0.6 is 22.9 Å². The molecule has 0 aliphatic rings. The summed E-state index contributed by atoms with van der Waals surface area (Å²) in [5.74, 6) is -1.57. The number of hydrogen-bond acceptors (Lipinski definition) is 4. The molecule has 1 amide bonds. The molecule has 1 N–H and O–H groups in total. The summed E-state index contributed by atoms with van der Waals surface area (Å²) in [7, 11) is 0. The fourth-order valence-electron chi connectivity index (χ4n) is 2.67. The maximum atomic E-state index is 13.8. The highest BCUT2D eigenvalue weighted by Gasteiger charge is 2.22. The Hall–Kier alpha value is -2.96. The second-order valence-corrected chi connectivity index (χ2v) is 7.18. The Kier molecular flexibility index (Phi) is 6.80. The van der Waals surface area contributed by atoms with Crippen molar-refractivity contribution >= 4 is 45.9 Å². The van der Waals surface area contributed by atoms with Gasteiger partial charge in [-0.15, -0.1) is 11.3 Å². The fourth-order valence-corrected chi connectivity index (χ4v) is 3.85. The summed E-state index contributed by atoms with van der Waals surface area (Å²) in [5, 5.41) is 5.02. The minimum Gasteiger partial charge on any atom is -0.462 e. The smallest absolute Gasteiger partial charge is 0.341 e. The van der Waals surface area contributed by atoms with E-state index in [1.165, 1.54) is 41.7 Å². The van der Waals surface area contributed by atoms with Gasteiger partial charge in [0.1, 0.15) is 16.4 Å². The van der Waals surface area contributed by atoms with Crippen LogP contribution in [0.4, 0.5) is 9.39 Å². The van der Waals surface area contributed by atoms with Crippen molar-refractivity contribution in [2.75, 3.05) is 11.9 Å². The van der Waals surface area contributed by atoms with Crippen LogP contribution in [0, 0.1) is 5.82 Å². The predicted octanol–water partition coefficient (Wildman–Crippen LogP) is 6.04. The van der Waals surface area contributed by atoms with E-state index in [1.54, 1.807) is 12.3 Å². The Labute approximate surface area is 176 Å². The Morgan fingerprint density at radius 2 is 1.93 bits per heavy atom. The zero-order chi connectivity index (χ0) is 20.8. The summed E-state index contributed by atoms with van der Waals surface area (Å²) in [6.45, 7) is 1.92. The van der Waals surface area contributed by atoms with E-state index >= 15 is 0 Å². The standard InChI is InChI=1S/C22H17ClFNO3S/c1-2-28-22(27)20-16(14-7-4-3-5-8-14)13-29-21(20)25-19(26)12-11-15-17(23)9-6-10-18(15)24/h3-13H,2H2,1H3,(H,25,26)/b12-11+. The lowest BCUT2D eigenvalue weighted by Crippen LogP contribution is -2.12. The molecule has 0 aliphatic heterocycles. The highest BCUT2D eigenvalue weighted by molar-refractivity contribution is 7.15. The van der Waals surface area contributed by atoms with Gasteiger partial charge in [-0.3, -0.25) is 4.79 Å². The van der Waals surface area contributed by atoms with Gasteiger partial charge in [0, 0.05) is 22.6 Å². The molecule has 0 radical (unpaired) electrons. The van der Waals surface area contributed by atoms with E-state index < -0.39 is 17.7 Å². The quantitative estimate of drug-likeness (QED) is 0.384. The first kappa shape index (κ1) is 20.8. The first-order valence-electron chi connectivity index (χ1n) is 8.78. The molecular weight excluding hydrogens is 413 g/mol. The van der Waals surface area contributed by atoms with Crippen LogP contribution in [0.3, 0.4) is 0 Å². The number of amides is 1. The Bertz CT molecular complexity index is 1040. The number of benzene rings is 2. The van der Waals surface area contributed by atoms with E-state index in [4.69, 9.17) is 16.3 Å². The Morgan fingerprint density at radius 3 is 2.62 bits per heavy atom. The summed E-state index contributed by atoms with van der Waals surface area (Å²) >= 11 is 7.18. The van der Waals surface area contributed by atoms with Gasteiger partial charge in [0.15, 0.2) is 0 Å². The molecule has 3 rings (SSSR count). The lowest BCUT2D eigenvalue weighted by atomic mass is 10.0. The summed E-state index contributed by atoms with van der Waals surface area (Å²) in [5.41, 5.74) is 1.91. The number of carbonyl (C=O) groups is 2. The summed E-state index contributed by atoms with van der Waals surface area (Å²) < 4.78 is 19.0. The zero-order valence-electron chi connectivity index (χ0n) is 15.4. The number of hydrogen-bond donors (Lipinski definition) is 1. The third kappa shape index (κ3) is 4.91. The van der Waals surface area contributed by atoms with Crippen molar-refractivity contribution in [2.45, 2.75) is 6.92 Å². The molecule has 0 unspecified atom stereocenters. The molecule has 2 aromatic carbocycles. The van der Waals surface area contributed by atoms with E-state index in [0.717, 1.165) is 5.56 Å². The van der Waals surface area contributed by atoms with Crippen LogP contribution in [-0.4, -0.2) is 18.5 Å². The second kappa shape index (κ2) is 9.49. The summed E-state index contributed by atoms with van der Waals surface area (Å²) in [4.78, 5) is 24.9. The van der Waals surface area contributed by atoms with Gasteiger partial charge in [0.25, 0.3) is 0 Å². The van der Waals surface area contributed by atoms with Crippen molar-refractivity contribution in [1.82, 2.24) is 0 Å². The van der Waals surface area contributed by atoms with E-state index in [9.17, 15) is 14.0 Å². The van der Waals surface area contributed by atoms with Crippen LogP contribution in [-0.2, 0) is 9.53 Å². The molecule has 1 heterocycles. The zero-order valence-corrected chi connectivity index (χ0v) is 17.0. The van der Waals surface area contributed by atoms with E-state index in [1.807, 2.05) is 30.3 Å². The molecule has 0 saturated heterocycles. The van der Waals surface area contributed by atoms with Gasteiger partial charge in [-0.1, -0.05) is 48.0 Å². The van der Waals surface area contributed by atoms with Crippen molar-refractivity contribution in [2.24, 2.45) is 0 Å². The van der Waals surface area contributed by atoms with Gasteiger partial charge in [0.2, 0.25) is 5.91 Å². The molecule has 0 atom stereocenters. The van der Waals surface area contributed by atoms with E-state index in [2.05, 4.69) is 5.32 Å². The number of rotatable bonds is 6. The van der Waals surface area contributed by atoms with Gasteiger partial charge >= 0.3 is 5.97 Å². The second-order valence-electron chi connectivity index (χ2n) is 5.90. The maximum absolute atomic E-state index is 13.8. The molecule has 0 aliphatic carbocycles. The molecule has 1 aromatic heterocycles. The number of nitrogens with one attached hydrogen (secondary N) is 1. The highest BCUT2D eigenvalue weighted by atomic mass is 35.5. The number of ether oxygens (including phenoxy) is 1. The fraction of sp³-hybridized carbons (Fsp3) is 0.0909. The molecule has 4 nitrogen and oxygen atoms in total. The van der Waals surface area contributed by atoms with Crippen molar-refractivity contribution in [3.05, 3.63) is 82.0 Å². The average Bonchev–Trinajstić information content (AvgIpc) is 3.12. The lowest BCUT2D eigenvalue weighted by molar-refractivity contribution is -0.111. The molecular formula is C22H17ClFNO3S. The van der Waals surface area contributed by atoms with Gasteiger partial charge in [0.05, 0.1) is 11.6 Å². The number of carbonyl (C=O) groups excluding carboxylic acids is 2. The molecule has 148 valence electrons. The van der Waals surface area contributed by atoms with Crippen LogP contribution in [0.2, 0.25) is 5.02 Å². The minimum absolute atomic E-state index is 0.117. The predicted molar refractivity (Wildman–Crippen MR) is 115 cm³/mol. The molecule has 0 spiro atoms. The van der Waals surface area contributed by atoms with Crippen LogP contribution in [0.15, 0.2) is 60.0 Å². The van der Waals surface area contributed by atoms with Crippen LogP contribution in [0.1, 0.15) is 22.8 Å². The van der Waals surface area contributed by atoms with Crippen LogP contribution < -0.4 is 5.32 Å². The minimum atomic E-state index is -0.531. The average molecular weight is 430 g/mol. The van der Waals surface area contributed by atoms with Gasteiger partial charge < -0.3 is 10.1 Å². The number of halogens is 2. The molecule has 0 bridgehead atoms.